The minimum atomic E-state index is -5.43. The molecule has 2 aliphatic heterocycles. The van der Waals surface area contributed by atoms with E-state index in [0.717, 1.165) is 0 Å². The molecule has 0 aromatic heterocycles. The van der Waals surface area contributed by atoms with Gasteiger partial charge in [0, 0.05) is 0 Å². The first kappa shape index (κ1) is 37.0. The zero-order valence-corrected chi connectivity index (χ0v) is 24.7. The van der Waals surface area contributed by atoms with Gasteiger partial charge in [0.15, 0.2) is 24.8 Å². The standard InChI is InChI=1S/C18H33NO20S3/c1-6(2)34-13-11(21)14(39-42(30,31)32)18(38-15(13)16(22)23)37-12-8(5-33-41(27,28)29)36-17(35-7(3)4)9(10(12)20)19-40(24,25)26/h6-15,17-21H,5H2,1-4H3,(H,22,23)(H,24,25,26)(H,27,28,29)(H,30,31,32)/t8?,9?,10?,11?,12-,13+,14?,15?,17+,18-/m1/s1. The molecule has 24 heteroatoms. The van der Waals surface area contributed by atoms with Gasteiger partial charge in [-0.2, -0.15) is 30.0 Å². The number of carbonyl (C=O) groups is 1. The molecule has 42 heavy (non-hydrogen) atoms. The average Bonchev–Trinajstić information content (AvgIpc) is 2.78. The molecule has 6 unspecified atom stereocenters. The normalized spacial score (nSPS) is 35.0. The first-order valence-electron chi connectivity index (χ1n) is 11.9. The molecule has 2 saturated heterocycles. The van der Waals surface area contributed by atoms with Crippen LogP contribution in [0.3, 0.4) is 0 Å². The number of hydrogen-bond donors (Lipinski definition) is 7. The van der Waals surface area contributed by atoms with Crippen LogP contribution in [-0.4, -0.2) is 140 Å². The van der Waals surface area contributed by atoms with Crippen molar-refractivity contribution in [3.63, 3.8) is 0 Å². The van der Waals surface area contributed by atoms with Crippen LogP contribution in [0.4, 0.5) is 0 Å². The summed E-state index contributed by atoms with van der Waals surface area (Å²) in [5, 5.41) is 31.6. The monoisotopic (exact) mass is 679 g/mol. The Morgan fingerprint density at radius 1 is 0.810 bits per heavy atom. The van der Waals surface area contributed by atoms with Crippen LogP contribution in [0.5, 0.6) is 0 Å². The smallest absolute Gasteiger partial charge is 0.397 e. The molecule has 248 valence electrons. The third-order valence-corrected chi connectivity index (χ3v) is 6.93. The van der Waals surface area contributed by atoms with Gasteiger partial charge in [0.2, 0.25) is 0 Å². The molecule has 2 rings (SSSR count). The first-order chi connectivity index (χ1) is 19.0. The van der Waals surface area contributed by atoms with Crippen molar-refractivity contribution in [1.82, 2.24) is 4.72 Å². The molecule has 0 radical (unpaired) electrons. The number of rotatable bonds is 14. The van der Waals surface area contributed by atoms with E-state index in [2.05, 4.69) is 8.37 Å². The predicted molar refractivity (Wildman–Crippen MR) is 130 cm³/mol. The van der Waals surface area contributed by atoms with E-state index in [1.165, 1.54) is 27.7 Å². The summed E-state index contributed by atoms with van der Waals surface area (Å²) < 4.78 is 134. The number of nitrogens with one attached hydrogen (secondary N) is 1. The highest BCUT2D eigenvalue weighted by Gasteiger charge is 2.56. The van der Waals surface area contributed by atoms with Crippen LogP contribution >= 0.6 is 0 Å². The van der Waals surface area contributed by atoms with Gasteiger partial charge in [-0.25, -0.2) is 13.2 Å². The van der Waals surface area contributed by atoms with Crippen molar-refractivity contribution in [2.45, 2.75) is 101 Å². The predicted octanol–water partition coefficient (Wildman–Crippen LogP) is -3.39. The number of aliphatic carboxylic acids is 1. The highest BCUT2D eigenvalue weighted by atomic mass is 32.3. The van der Waals surface area contributed by atoms with E-state index in [-0.39, 0.29) is 0 Å². The number of hydrogen-bond acceptors (Lipinski definition) is 16. The fourth-order valence-corrected chi connectivity index (χ4v) is 5.44. The van der Waals surface area contributed by atoms with Gasteiger partial charge in [-0.1, -0.05) is 0 Å². The Hall–Kier alpha value is -1.20. The van der Waals surface area contributed by atoms with Gasteiger partial charge in [0.25, 0.3) is 0 Å². The van der Waals surface area contributed by atoms with Crippen LogP contribution in [0.2, 0.25) is 0 Å². The van der Waals surface area contributed by atoms with E-state index < -0.39 is 117 Å². The lowest BCUT2D eigenvalue weighted by atomic mass is 9.95. The third-order valence-electron chi connectivity index (χ3n) is 5.46. The Balaban J connectivity index is 2.58. The van der Waals surface area contributed by atoms with Crippen LogP contribution < -0.4 is 4.72 Å². The highest BCUT2D eigenvalue weighted by molar-refractivity contribution is 7.83. The number of ether oxygens (including phenoxy) is 5. The van der Waals surface area contributed by atoms with E-state index >= 15 is 0 Å². The summed E-state index contributed by atoms with van der Waals surface area (Å²) in [7, 11) is -15.7. The van der Waals surface area contributed by atoms with Crippen LogP contribution in [0.25, 0.3) is 0 Å². The van der Waals surface area contributed by atoms with Crippen molar-refractivity contribution >= 4 is 37.1 Å². The van der Waals surface area contributed by atoms with Gasteiger partial charge in [-0.15, -0.1) is 0 Å². The molecule has 0 spiro atoms. The second kappa shape index (κ2) is 14.3. The average molecular weight is 680 g/mol. The molecule has 0 bridgehead atoms. The molecule has 2 heterocycles. The minimum Gasteiger partial charge on any atom is -0.479 e. The lowest BCUT2D eigenvalue weighted by molar-refractivity contribution is -0.345. The number of carboxylic acids is 1. The van der Waals surface area contributed by atoms with Crippen molar-refractivity contribution in [2.75, 3.05) is 6.61 Å². The van der Waals surface area contributed by atoms with Crippen LogP contribution in [-0.2, 0) is 67.9 Å². The van der Waals surface area contributed by atoms with Gasteiger partial charge >= 0.3 is 37.1 Å². The molecular formula is C18H33NO20S3. The van der Waals surface area contributed by atoms with Crippen molar-refractivity contribution in [3.8, 4) is 0 Å². The van der Waals surface area contributed by atoms with Gasteiger partial charge in [-0.05, 0) is 27.7 Å². The molecule has 0 saturated carbocycles. The Labute approximate surface area is 240 Å². The molecule has 2 aliphatic rings. The first-order valence-corrected chi connectivity index (χ1v) is 16.0. The quantitative estimate of drug-likeness (QED) is 0.0880. The van der Waals surface area contributed by atoms with Crippen molar-refractivity contribution in [1.29, 1.82) is 0 Å². The Kier molecular flexibility index (Phi) is 12.6. The molecular weight excluding hydrogens is 646 g/mol. The van der Waals surface area contributed by atoms with E-state index in [9.17, 15) is 54.5 Å². The fourth-order valence-electron chi connectivity index (χ4n) is 4.06. The van der Waals surface area contributed by atoms with E-state index in [1.807, 2.05) is 0 Å². The summed E-state index contributed by atoms with van der Waals surface area (Å²) in [5.41, 5.74) is 0. The molecule has 7 N–H and O–H groups in total. The Morgan fingerprint density at radius 3 is 1.83 bits per heavy atom. The van der Waals surface area contributed by atoms with Gasteiger partial charge < -0.3 is 39.0 Å². The molecule has 21 nitrogen and oxygen atoms in total. The zero-order valence-electron chi connectivity index (χ0n) is 22.3. The molecule has 10 atom stereocenters. The molecule has 0 amide bonds. The van der Waals surface area contributed by atoms with Gasteiger partial charge in [-0.3, -0.25) is 13.7 Å². The Morgan fingerprint density at radius 2 is 1.38 bits per heavy atom. The topological polar surface area (TPSA) is 318 Å². The number of aliphatic hydroxyl groups is 2. The van der Waals surface area contributed by atoms with Crippen LogP contribution in [0, 0.1) is 0 Å². The second-order valence-corrected chi connectivity index (χ2v) is 12.9. The molecule has 0 aliphatic carbocycles. The fraction of sp³-hybridized carbons (Fsp3) is 0.944. The maximum Gasteiger partial charge on any atom is 0.397 e. The van der Waals surface area contributed by atoms with E-state index in [0.29, 0.717) is 0 Å². The summed E-state index contributed by atoms with van der Waals surface area (Å²) in [5.74, 6) is -1.76. The van der Waals surface area contributed by atoms with Crippen molar-refractivity contribution in [2.24, 2.45) is 0 Å². The summed E-state index contributed by atoms with van der Waals surface area (Å²) in [6.07, 6.45) is -20.4. The molecule has 0 aromatic carbocycles. The van der Waals surface area contributed by atoms with Gasteiger partial charge in [0.1, 0.15) is 36.6 Å². The largest absolute Gasteiger partial charge is 0.479 e. The van der Waals surface area contributed by atoms with Crippen molar-refractivity contribution in [3.05, 3.63) is 0 Å². The van der Waals surface area contributed by atoms with E-state index in [4.69, 9.17) is 28.2 Å². The molecule has 2 fully saturated rings. The van der Waals surface area contributed by atoms with Gasteiger partial charge in [0.05, 0.1) is 18.8 Å². The third kappa shape index (κ3) is 11.1. The Bertz CT molecular complexity index is 1240. The van der Waals surface area contributed by atoms with Crippen LogP contribution in [0.15, 0.2) is 0 Å². The summed E-state index contributed by atoms with van der Waals surface area (Å²) in [4.78, 5) is 11.9. The van der Waals surface area contributed by atoms with Crippen molar-refractivity contribution < 1.29 is 91.1 Å². The highest BCUT2D eigenvalue weighted by Crippen LogP contribution is 2.33. The lowest BCUT2D eigenvalue weighted by Gasteiger charge is -2.47. The molecule has 0 aromatic rings. The zero-order chi connectivity index (χ0) is 32.4. The maximum absolute atomic E-state index is 11.9. The lowest BCUT2D eigenvalue weighted by Crippen LogP contribution is -2.68. The minimum absolute atomic E-state index is 0.743. The number of aliphatic hydroxyl groups excluding tert-OH is 2. The summed E-state index contributed by atoms with van der Waals surface area (Å²) in [6.45, 7) is 4.57. The second-order valence-electron chi connectivity index (χ2n) is 9.54. The maximum atomic E-state index is 11.9. The van der Waals surface area contributed by atoms with E-state index in [1.54, 1.807) is 4.72 Å². The van der Waals surface area contributed by atoms with Crippen LogP contribution in [0.1, 0.15) is 27.7 Å². The summed E-state index contributed by atoms with van der Waals surface area (Å²) in [6, 6.07) is -1.95. The number of carboxylic acid groups (broad SMARTS) is 1. The SMILES string of the molecule is CC(C)O[C@H]1OC(COS(=O)(=O)O)[C@@H](O[C@@H]2OC(C(=O)O)[C@@H](OC(C)C)C(O)C2OS(=O)(=O)O)C(O)C1NS(=O)(=O)O. The summed E-state index contributed by atoms with van der Waals surface area (Å²) >= 11 is 0.